The zero-order valence-corrected chi connectivity index (χ0v) is 17.3. The Labute approximate surface area is 176 Å². The quantitative estimate of drug-likeness (QED) is 0.218. The van der Waals surface area contributed by atoms with Crippen molar-refractivity contribution in [3.8, 4) is 11.3 Å². The zero-order chi connectivity index (χ0) is 20.9. The van der Waals surface area contributed by atoms with Gasteiger partial charge >= 0.3 is 0 Å². The number of nitrogens with two attached hydrogens (primary N) is 1. The van der Waals surface area contributed by atoms with Crippen LogP contribution in [0, 0.1) is 5.92 Å². The van der Waals surface area contributed by atoms with Gasteiger partial charge < -0.3 is 15.1 Å². The lowest BCUT2D eigenvalue weighted by Crippen LogP contribution is -2.18. The number of hydrogen-bond acceptors (Lipinski definition) is 5. The molecule has 30 heavy (non-hydrogen) atoms. The lowest BCUT2D eigenvalue weighted by Gasteiger charge is -2.14. The van der Waals surface area contributed by atoms with E-state index in [2.05, 4.69) is 29.9 Å². The molecule has 0 aliphatic carbocycles. The van der Waals surface area contributed by atoms with Crippen LogP contribution >= 0.6 is 0 Å². The molecule has 0 radical (unpaired) electrons. The number of H-pyrrole nitrogens is 1. The van der Waals surface area contributed by atoms with Crippen LogP contribution in [0.25, 0.3) is 22.2 Å². The van der Waals surface area contributed by atoms with Gasteiger partial charge in [-0.05, 0) is 17.5 Å². The van der Waals surface area contributed by atoms with Gasteiger partial charge in [0.25, 0.3) is 0 Å². The molecular formula is C24H27N3O3. The topological polar surface area (TPSA) is 86.3 Å². The van der Waals surface area contributed by atoms with Gasteiger partial charge in [0.1, 0.15) is 18.9 Å². The minimum Gasteiger partial charge on any atom is -0.439 e. The SMILES string of the molecule is CC[C@H](C)C(N)c1nc(COOCc2ccccc2)c(-c2c[nH]c3ccccc23)o1. The van der Waals surface area contributed by atoms with Gasteiger partial charge in [-0.3, -0.25) is 0 Å². The van der Waals surface area contributed by atoms with Crippen molar-refractivity contribution in [1.82, 2.24) is 9.97 Å². The van der Waals surface area contributed by atoms with Crippen molar-refractivity contribution in [1.29, 1.82) is 0 Å². The van der Waals surface area contributed by atoms with E-state index in [4.69, 9.17) is 19.9 Å². The number of para-hydroxylation sites is 1. The molecule has 6 nitrogen and oxygen atoms in total. The number of hydrogen-bond donors (Lipinski definition) is 2. The third kappa shape index (κ3) is 4.31. The summed E-state index contributed by atoms with van der Waals surface area (Å²) in [6, 6.07) is 17.7. The van der Waals surface area contributed by atoms with Gasteiger partial charge in [-0.25, -0.2) is 14.8 Å². The first-order valence-corrected chi connectivity index (χ1v) is 10.3. The summed E-state index contributed by atoms with van der Waals surface area (Å²) in [7, 11) is 0. The molecule has 2 atom stereocenters. The molecule has 2 aromatic carbocycles. The summed E-state index contributed by atoms with van der Waals surface area (Å²) in [6.45, 7) is 4.73. The van der Waals surface area contributed by atoms with E-state index in [1.807, 2.05) is 54.7 Å². The maximum atomic E-state index is 6.39. The largest absolute Gasteiger partial charge is 0.439 e. The average Bonchev–Trinajstić information content (AvgIpc) is 3.40. The third-order valence-electron chi connectivity index (χ3n) is 5.44. The molecule has 0 bridgehead atoms. The Morgan fingerprint density at radius 3 is 2.57 bits per heavy atom. The monoisotopic (exact) mass is 405 g/mol. The molecule has 2 heterocycles. The summed E-state index contributed by atoms with van der Waals surface area (Å²) in [5.74, 6) is 1.43. The Kier molecular flexibility index (Phi) is 6.28. The van der Waals surface area contributed by atoms with Crippen molar-refractivity contribution in [2.75, 3.05) is 0 Å². The van der Waals surface area contributed by atoms with Crippen molar-refractivity contribution < 1.29 is 14.2 Å². The van der Waals surface area contributed by atoms with Gasteiger partial charge in [0.15, 0.2) is 5.76 Å². The van der Waals surface area contributed by atoms with Gasteiger partial charge in [-0.2, -0.15) is 0 Å². The maximum absolute atomic E-state index is 6.39. The smallest absolute Gasteiger partial charge is 0.212 e. The van der Waals surface area contributed by atoms with Crippen LogP contribution in [-0.4, -0.2) is 9.97 Å². The molecule has 156 valence electrons. The van der Waals surface area contributed by atoms with Crippen LogP contribution in [0.1, 0.15) is 43.5 Å². The van der Waals surface area contributed by atoms with E-state index >= 15 is 0 Å². The van der Waals surface area contributed by atoms with Gasteiger partial charge in [0.05, 0.1) is 6.04 Å². The van der Waals surface area contributed by atoms with Gasteiger partial charge in [-0.15, -0.1) is 0 Å². The predicted octanol–water partition coefficient (Wildman–Crippen LogP) is 5.52. The second kappa shape index (κ2) is 9.26. The summed E-state index contributed by atoms with van der Waals surface area (Å²) in [4.78, 5) is 18.8. The first-order valence-electron chi connectivity index (χ1n) is 10.3. The molecule has 4 rings (SSSR count). The molecule has 1 unspecified atom stereocenters. The standard InChI is InChI=1S/C24H27N3O3/c1-3-16(2)22(25)24-27-21(15-29-28-14-17-9-5-4-6-10-17)23(30-24)19-13-26-20-12-8-7-11-18(19)20/h4-13,16,22,26H,3,14-15,25H2,1-2H3/t16-,22?/m0/s1. The number of rotatable bonds is 9. The molecule has 0 aliphatic heterocycles. The summed E-state index contributed by atoms with van der Waals surface area (Å²) in [6.07, 6.45) is 2.87. The number of oxazole rings is 1. The van der Waals surface area contributed by atoms with E-state index in [-0.39, 0.29) is 18.6 Å². The van der Waals surface area contributed by atoms with Crippen LogP contribution in [0.2, 0.25) is 0 Å². The second-order valence-electron chi connectivity index (χ2n) is 7.50. The fourth-order valence-corrected chi connectivity index (χ4v) is 3.36. The number of nitrogens with one attached hydrogen (secondary N) is 1. The van der Waals surface area contributed by atoms with Crippen LogP contribution in [0.15, 0.2) is 65.2 Å². The van der Waals surface area contributed by atoms with Gasteiger partial charge in [-0.1, -0.05) is 68.8 Å². The summed E-state index contributed by atoms with van der Waals surface area (Å²) in [5.41, 5.74) is 10.1. The van der Waals surface area contributed by atoms with Crippen LogP contribution < -0.4 is 5.73 Å². The highest BCUT2D eigenvalue weighted by atomic mass is 17.2. The lowest BCUT2D eigenvalue weighted by atomic mass is 10.0. The highest BCUT2D eigenvalue weighted by molar-refractivity contribution is 5.94. The van der Waals surface area contributed by atoms with E-state index < -0.39 is 0 Å². The van der Waals surface area contributed by atoms with Crippen molar-refractivity contribution in [3.05, 3.63) is 77.9 Å². The molecule has 0 fully saturated rings. The zero-order valence-electron chi connectivity index (χ0n) is 17.3. The van der Waals surface area contributed by atoms with E-state index in [9.17, 15) is 0 Å². The predicted molar refractivity (Wildman–Crippen MR) is 116 cm³/mol. The molecule has 0 saturated heterocycles. The minimum absolute atomic E-state index is 0.165. The summed E-state index contributed by atoms with van der Waals surface area (Å²) < 4.78 is 6.18. The molecule has 0 amide bonds. The number of aromatic amines is 1. The third-order valence-corrected chi connectivity index (χ3v) is 5.44. The van der Waals surface area contributed by atoms with E-state index in [1.165, 1.54) is 0 Å². The number of aromatic nitrogens is 2. The summed E-state index contributed by atoms with van der Waals surface area (Å²) >= 11 is 0. The van der Waals surface area contributed by atoms with Crippen LogP contribution in [0.5, 0.6) is 0 Å². The highest BCUT2D eigenvalue weighted by Gasteiger charge is 2.24. The Balaban J connectivity index is 1.58. The molecular weight excluding hydrogens is 378 g/mol. The molecule has 4 aromatic rings. The van der Waals surface area contributed by atoms with Gasteiger partial charge in [0.2, 0.25) is 5.89 Å². The molecule has 6 heteroatoms. The average molecular weight is 405 g/mol. The van der Waals surface area contributed by atoms with Crippen molar-refractivity contribution in [2.45, 2.75) is 39.5 Å². The number of nitrogens with zero attached hydrogens (tertiary/aromatic N) is 1. The number of fused-ring (bicyclic) bond motifs is 1. The minimum atomic E-state index is -0.280. The van der Waals surface area contributed by atoms with Crippen LogP contribution in [0.4, 0.5) is 0 Å². The molecule has 0 spiro atoms. The first kappa shape index (κ1) is 20.3. The lowest BCUT2D eigenvalue weighted by molar-refractivity contribution is -0.313. The number of benzene rings is 2. The van der Waals surface area contributed by atoms with E-state index in [0.717, 1.165) is 28.5 Å². The van der Waals surface area contributed by atoms with Crippen LogP contribution in [-0.2, 0) is 23.0 Å². The Morgan fingerprint density at radius 1 is 1.03 bits per heavy atom. The van der Waals surface area contributed by atoms with Gasteiger partial charge in [0, 0.05) is 22.7 Å². The summed E-state index contributed by atoms with van der Waals surface area (Å²) in [5, 5.41) is 1.06. The maximum Gasteiger partial charge on any atom is 0.212 e. The molecule has 3 N–H and O–H groups in total. The molecule has 0 saturated carbocycles. The highest BCUT2D eigenvalue weighted by Crippen LogP contribution is 2.34. The van der Waals surface area contributed by atoms with E-state index in [1.54, 1.807) is 0 Å². The van der Waals surface area contributed by atoms with E-state index in [0.29, 0.717) is 24.0 Å². The first-order chi connectivity index (χ1) is 14.7. The van der Waals surface area contributed by atoms with Crippen LogP contribution in [0.3, 0.4) is 0 Å². The Hall–Kier alpha value is -2.93. The second-order valence-corrected chi connectivity index (χ2v) is 7.50. The fourth-order valence-electron chi connectivity index (χ4n) is 3.36. The Morgan fingerprint density at radius 2 is 1.77 bits per heavy atom. The molecule has 2 aromatic heterocycles. The fraction of sp³-hybridized carbons (Fsp3) is 0.292. The molecule has 0 aliphatic rings. The normalized spacial score (nSPS) is 13.6. The Bertz CT molecular complexity index is 1090. The van der Waals surface area contributed by atoms with Crippen molar-refractivity contribution in [3.63, 3.8) is 0 Å². The van der Waals surface area contributed by atoms with Crippen molar-refractivity contribution >= 4 is 10.9 Å². The van der Waals surface area contributed by atoms with Crippen molar-refractivity contribution in [2.24, 2.45) is 11.7 Å².